The molecule has 1 unspecified atom stereocenters. The third kappa shape index (κ3) is 0.960. The Kier molecular flexibility index (Phi) is 1.77. The Morgan fingerprint density at radius 1 is 1.36 bits per heavy atom. The van der Waals surface area contributed by atoms with Gasteiger partial charge in [-0.05, 0) is 12.5 Å². The third-order valence-corrected chi connectivity index (χ3v) is 3.15. The minimum Gasteiger partial charge on any atom is -0.358 e. The largest absolute Gasteiger partial charge is 0.358 e. The second-order valence-electron chi connectivity index (χ2n) is 3.92. The fourth-order valence-electron chi connectivity index (χ4n) is 2.46. The monoisotopic (exact) mass is 196 g/mol. The molecule has 14 heavy (non-hydrogen) atoms. The maximum absolute atomic E-state index is 10.9. The first-order valence-electron chi connectivity index (χ1n) is 4.91. The Bertz CT molecular complexity index is 282. The van der Waals surface area contributed by atoms with E-state index < -0.39 is 11.9 Å². The van der Waals surface area contributed by atoms with Crippen molar-refractivity contribution in [1.82, 2.24) is 0 Å². The van der Waals surface area contributed by atoms with Gasteiger partial charge in [-0.1, -0.05) is 6.08 Å². The second kappa shape index (κ2) is 2.89. The summed E-state index contributed by atoms with van der Waals surface area (Å²) in [5.74, 6) is -0.124. The third-order valence-electron chi connectivity index (χ3n) is 3.15. The molecule has 3 aliphatic heterocycles. The minimum atomic E-state index is -0.636. The molecule has 76 valence electrons. The van der Waals surface area contributed by atoms with E-state index in [4.69, 9.17) is 14.2 Å². The lowest BCUT2D eigenvalue weighted by Crippen LogP contribution is -2.46. The normalized spacial score (nSPS) is 46.3. The van der Waals surface area contributed by atoms with Gasteiger partial charge in [0.1, 0.15) is 11.9 Å². The average Bonchev–Trinajstić information content (AvgIpc) is 2.92. The molecule has 0 aromatic rings. The van der Waals surface area contributed by atoms with E-state index in [-0.39, 0.29) is 12.0 Å². The fraction of sp³-hybridized carbons (Fsp3) is 0.700. The minimum absolute atomic E-state index is 0.0676. The van der Waals surface area contributed by atoms with Gasteiger partial charge in [-0.2, -0.15) is 0 Å². The molecule has 0 saturated carbocycles. The summed E-state index contributed by atoms with van der Waals surface area (Å²) in [6, 6.07) is 0. The molecule has 3 atom stereocenters. The lowest BCUT2D eigenvalue weighted by atomic mass is 9.83. The van der Waals surface area contributed by atoms with Crippen molar-refractivity contribution in [2.75, 3.05) is 13.2 Å². The van der Waals surface area contributed by atoms with E-state index >= 15 is 0 Å². The van der Waals surface area contributed by atoms with Crippen LogP contribution in [-0.4, -0.2) is 37.5 Å². The molecule has 3 aliphatic rings. The lowest BCUT2D eigenvalue weighted by Gasteiger charge is -2.31. The van der Waals surface area contributed by atoms with Crippen LogP contribution in [0.4, 0.5) is 0 Å². The van der Waals surface area contributed by atoms with Gasteiger partial charge in [-0.3, -0.25) is 0 Å². The molecule has 2 saturated heterocycles. The molecular formula is C10H12O4. The van der Waals surface area contributed by atoms with Crippen molar-refractivity contribution in [3.8, 4) is 0 Å². The summed E-state index contributed by atoms with van der Waals surface area (Å²) in [7, 11) is 0. The molecule has 0 aliphatic carbocycles. The molecule has 2 fully saturated rings. The van der Waals surface area contributed by atoms with Gasteiger partial charge in [0.05, 0.1) is 25.2 Å². The maximum Gasteiger partial charge on any atom is 0.191 e. The van der Waals surface area contributed by atoms with E-state index in [1.54, 1.807) is 0 Å². The Morgan fingerprint density at radius 2 is 2.14 bits per heavy atom. The highest BCUT2D eigenvalue weighted by molar-refractivity contribution is 5.59. The summed E-state index contributed by atoms with van der Waals surface area (Å²) in [5, 5.41) is 0. The van der Waals surface area contributed by atoms with Crippen LogP contribution >= 0.6 is 0 Å². The Hall–Kier alpha value is -0.710. The molecule has 0 N–H and O–H groups in total. The van der Waals surface area contributed by atoms with E-state index in [0.717, 1.165) is 12.7 Å². The van der Waals surface area contributed by atoms with Gasteiger partial charge in [0.15, 0.2) is 6.29 Å². The summed E-state index contributed by atoms with van der Waals surface area (Å²) in [4.78, 5) is 10.9. The average molecular weight is 196 g/mol. The number of fused-ring (bicyclic) bond motifs is 2. The molecule has 0 aromatic carbocycles. The zero-order valence-electron chi connectivity index (χ0n) is 7.72. The molecule has 3 rings (SSSR count). The molecular weight excluding hydrogens is 184 g/mol. The first-order chi connectivity index (χ1) is 6.85. The van der Waals surface area contributed by atoms with Crippen molar-refractivity contribution < 1.29 is 19.0 Å². The molecule has 4 nitrogen and oxygen atoms in total. The number of rotatable bonds is 2. The first-order valence-corrected chi connectivity index (χ1v) is 4.91. The zero-order valence-corrected chi connectivity index (χ0v) is 7.72. The van der Waals surface area contributed by atoms with Gasteiger partial charge >= 0.3 is 0 Å². The van der Waals surface area contributed by atoms with Crippen LogP contribution in [0.1, 0.15) is 6.42 Å². The summed E-state index contributed by atoms with van der Waals surface area (Å²) in [6.07, 6.45) is 5.29. The summed E-state index contributed by atoms with van der Waals surface area (Å²) >= 11 is 0. The van der Waals surface area contributed by atoms with Crippen LogP contribution in [-0.2, 0) is 19.0 Å². The summed E-state index contributed by atoms with van der Waals surface area (Å²) in [5.41, 5.74) is -0.636. The highest BCUT2D eigenvalue weighted by atomic mass is 16.7. The first kappa shape index (κ1) is 8.59. The SMILES string of the molecule is O=C[C@H]1CC2C=C[C@]1(C1OCCO1)O2. The van der Waals surface area contributed by atoms with Crippen LogP contribution in [0.15, 0.2) is 12.2 Å². The molecule has 2 bridgehead atoms. The van der Waals surface area contributed by atoms with E-state index in [2.05, 4.69) is 0 Å². The highest BCUT2D eigenvalue weighted by Crippen LogP contribution is 2.46. The number of carbonyl (C=O) groups is 1. The zero-order chi connectivity index (χ0) is 9.60. The van der Waals surface area contributed by atoms with Crippen LogP contribution in [0.3, 0.4) is 0 Å². The Labute approximate surface area is 81.8 Å². The van der Waals surface area contributed by atoms with Crippen molar-refractivity contribution in [3.05, 3.63) is 12.2 Å². The number of carbonyl (C=O) groups excluding carboxylic acids is 1. The number of hydrogen-bond donors (Lipinski definition) is 0. The standard InChI is InChI=1S/C10H12O4/c11-6-7-5-8-1-2-10(7,14-8)9-12-3-4-13-9/h1-2,6-9H,3-5H2/t7-,8?,10+/m1/s1. The molecule has 3 heterocycles. The van der Waals surface area contributed by atoms with E-state index in [1.165, 1.54) is 0 Å². The maximum atomic E-state index is 10.9. The molecule has 0 radical (unpaired) electrons. The number of hydrogen-bond acceptors (Lipinski definition) is 4. The van der Waals surface area contributed by atoms with E-state index in [0.29, 0.717) is 13.2 Å². The van der Waals surface area contributed by atoms with Gasteiger partial charge in [-0.15, -0.1) is 0 Å². The van der Waals surface area contributed by atoms with Crippen LogP contribution in [0.5, 0.6) is 0 Å². The second-order valence-corrected chi connectivity index (χ2v) is 3.92. The van der Waals surface area contributed by atoms with Crippen LogP contribution in [0.25, 0.3) is 0 Å². The van der Waals surface area contributed by atoms with Gasteiger partial charge < -0.3 is 19.0 Å². The van der Waals surface area contributed by atoms with Crippen molar-refractivity contribution in [1.29, 1.82) is 0 Å². The topological polar surface area (TPSA) is 44.8 Å². The molecule has 0 amide bonds. The van der Waals surface area contributed by atoms with Crippen molar-refractivity contribution >= 4 is 6.29 Å². The van der Waals surface area contributed by atoms with Gasteiger partial charge in [0.2, 0.25) is 0 Å². The Morgan fingerprint density at radius 3 is 2.79 bits per heavy atom. The number of aldehydes is 1. The molecule has 4 heteroatoms. The van der Waals surface area contributed by atoms with Crippen molar-refractivity contribution in [2.45, 2.75) is 24.4 Å². The van der Waals surface area contributed by atoms with Crippen LogP contribution < -0.4 is 0 Å². The number of ether oxygens (including phenoxy) is 3. The van der Waals surface area contributed by atoms with Gasteiger partial charge in [0, 0.05) is 0 Å². The highest BCUT2D eigenvalue weighted by Gasteiger charge is 2.57. The summed E-state index contributed by atoms with van der Waals surface area (Å²) in [6.45, 7) is 1.17. The fourth-order valence-corrected chi connectivity index (χ4v) is 2.46. The van der Waals surface area contributed by atoms with Gasteiger partial charge in [-0.25, -0.2) is 0 Å². The van der Waals surface area contributed by atoms with Crippen LogP contribution in [0, 0.1) is 5.92 Å². The lowest BCUT2D eigenvalue weighted by molar-refractivity contribution is -0.177. The molecule has 0 aromatic heterocycles. The smallest absolute Gasteiger partial charge is 0.191 e. The molecule has 0 spiro atoms. The van der Waals surface area contributed by atoms with E-state index in [9.17, 15) is 4.79 Å². The van der Waals surface area contributed by atoms with Crippen molar-refractivity contribution in [2.24, 2.45) is 5.92 Å². The van der Waals surface area contributed by atoms with Crippen LogP contribution in [0.2, 0.25) is 0 Å². The summed E-state index contributed by atoms with van der Waals surface area (Å²) < 4.78 is 16.6. The predicted molar refractivity (Wildman–Crippen MR) is 46.6 cm³/mol. The van der Waals surface area contributed by atoms with Gasteiger partial charge in [0.25, 0.3) is 0 Å². The predicted octanol–water partition coefficient (Wildman–Crippen LogP) is 0.272. The quantitative estimate of drug-likeness (QED) is 0.470. The van der Waals surface area contributed by atoms with E-state index in [1.807, 2.05) is 12.2 Å². The van der Waals surface area contributed by atoms with Crippen molar-refractivity contribution in [3.63, 3.8) is 0 Å². The Balaban J connectivity index is 1.92.